The minimum atomic E-state index is -0.432. The van der Waals surface area contributed by atoms with E-state index < -0.39 is 4.92 Å². The van der Waals surface area contributed by atoms with Crippen LogP contribution in [0.1, 0.15) is 29.5 Å². The zero-order valence-electron chi connectivity index (χ0n) is 13.2. The molecule has 0 amide bonds. The van der Waals surface area contributed by atoms with Gasteiger partial charge in [0.1, 0.15) is 5.69 Å². The first-order valence-electron chi connectivity index (χ1n) is 8.01. The second-order valence-corrected chi connectivity index (χ2v) is 6.32. The average molecular weight is 337 g/mol. The predicted molar refractivity (Wildman–Crippen MR) is 92.5 cm³/mol. The number of hydrogen-bond acceptors (Lipinski definition) is 5. The molecular formula is C18H15N3O4. The van der Waals surface area contributed by atoms with Gasteiger partial charge in [-0.25, -0.2) is 0 Å². The zero-order valence-corrected chi connectivity index (χ0v) is 13.2. The van der Waals surface area contributed by atoms with E-state index in [2.05, 4.69) is 17.5 Å². The molecule has 0 bridgehead atoms. The lowest BCUT2D eigenvalue weighted by molar-refractivity contribution is -0.384. The van der Waals surface area contributed by atoms with Gasteiger partial charge in [-0.2, -0.15) is 0 Å². The number of hydrogen-bond donors (Lipinski definition) is 1. The number of nitro benzene ring substituents is 2. The molecule has 0 saturated carbocycles. The maximum atomic E-state index is 11.4. The molecule has 0 saturated heterocycles. The Kier molecular flexibility index (Phi) is 3.49. The van der Waals surface area contributed by atoms with E-state index in [4.69, 9.17) is 0 Å². The molecule has 4 rings (SSSR count). The van der Waals surface area contributed by atoms with Crippen molar-refractivity contribution >= 4 is 17.1 Å². The number of anilines is 1. The minimum absolute atomic E-state index is 0.0343. The van der Waals surface area contributed by atoms with E-state index in [1.165, 1.54) is 18.2 Å². The fraction of sp³-hybridized carbons (Fsp3) is 0.222. The number of non-ortho nitro benzene ring substituents is 1. The Morgan fingerprint density at radius 1 is 1.00 bits per heavy atom. The summed E-state index contributed by atoms with van der Waals surface area (Å²) in [4.78, 5) is 21.5. The molecule has 1 N–H and O–H groups in total. The molecule has 0 fully saturated rings. The highest BCUT2D eigenvalue weighted by molar-refractivity contribution is 5.71. The second kappa shape index (κ2) is 5.70. The molecule has 7 heteroatoms. The highest BCUT2D eigenvalue weighted by Gasteiger charge is 2.40. The van der Waals surface area contributed by atoms with Crippen LogP contribution in [0.25, 0.3) is 0 Å². The molecule has 0 unspecified atom stereocenters. The van der Waals surface area contributed by atoms with Crippen LogP contribution in [0.2, 0.25) is 0 Å². The Hall–Kier alpha value is -3.22. The van der Waals surface area contributed by atoms with E-state index in [1.54, 1.807) is 18.2 Å². The molecule has 126 valence electrons. The van der Waals surface area contributed by atoms with Crippen molar-refractivity contribution in [3.8, 4) is 0 Å². The third-order valence-electron chi connectivity index (χ3n) is 5.03. The monoisotopic (exact) mass is 337 g/mol. The third-order valence-corrected chi connectivity index (χ3v) is 5.03. The molecule has 0 radical (unpaired) electrons. The van der Waals surface area contributed by atoms with Gasteiger partial charge in [0.2, 0.25) is 0 Å². The topological polar surface area (TPSA) is 98.3 Å². The van der Waals surface area contributed by atoms with Gasteiger partial charge < -0.3 is 5.32 Å². The van der Waals surface area contributed by atoms with Gasteiger partial charge in [-0.3, -0.25) is 20.2 Å². The van der Waals surface area contributed by atoms with Crippen molar-refractivity contribution in [1.29, 1.82) is 0 Å². The summed E-state index contributed by atoms with van der Waals surface area (Å²) in [5.74, 6) is 0.340. The Morgan fingerprint density at radius 3 is 2.44 bits per heavy atom. The first kappa shape index (κ1) is 15.3. The summed E-state index contributed by atoms with van der Waals surface area (Å²) >= 11 is 0. The van der Waals surface area contributed by atoms with Crippen molar-refractivity contribution in [2.24, 2.45) is 5.92 Å². The number of rotatable bonds is 3. The summed E-state index contributed by atoms with van der Waals surface area (Å²) in [6, 6.07) is 11.4. The number of nitrogens with zero attached hydrogens (tertiary/aromatic N) is 2. The minimum Gasteiger partial charge on any atom is -0.372 e. The quantitative estimate of drug-likeness (QED) is 0.510. The van der Waals surface area contributed by atoms with Crippen molar-refractivity contribution in [2.45, 2.75) is 18.4 Å². The molecule has 1 aliphatic carbocycles. The molecule has 0 spiro atoms. The number of nitrogens with one attached hydrogen (secondary N) is 1. The van der Waals surface area contributed by atoms with Crippen LogP contribution in [0, 0.1) is 26.1 Å². The SMILES string of the molecule is O=[N+]([O-])c1ccc([C@H]2Nc3c(cccc3[N+](=O)[O-])[C@@H]3C=CC[C@@H]23)cc1. The molecular weight excluding hydrogens is 322 g/mol. The molecule has 2 aliphatic rings. The lowest BCUT2D eigenvalue weighted by Crippen LogP contribution is -2.29. The Labute approximate surface area is 143 Å². The largest absolute Gasteiger partial charge is 0.372 e. The molecule has 3 atom stereocenters. The summed E-state index contributed by atoms with van der Waals surface area (Å²) in [7, 11) is 0. The van der Waals surface area contributed by atoms with E-state index >= 15 is 0 Å². The van der Waals surface area contributed by atoms with Crippen molar-refractivity contribution in [3.63, 3.8) is 0 Å². The van der Waals surface area contributed by atoms with Gasteiger partial charge in [0.05, 0.1) is 15.9 Å². The maximum absolute atomic E-state index is 11.4. The standard InChI is InChI=1S/C18H15N3O4/c22-20(23)12-9-7-11(8-10-12)17-14-4-1-3-13(14)15-5-2-6-16(21(24)25)18(15)19-17/h1-3,5-10,13-14,17,19H,4H2/t13-,14-,17-/m1/s1. The number of para-hydroxylation sites is 1. The van der Waals surface area contributed by atoms with Gasteiger partial charge in [0.25, 0.3) is 11.4 Å². The number of benzene rings is 2. The van der Waals surface area contributed by atoms with E-state index in [9.17, 15) is 20.2 Å². The molecule has 0 aromatic heterocycles. The second-order valence-electron chi connectivity index (χ2n) is 6.32. The van der Waals surface area contributed by atoms with Crippen LogP contribution < -0.4 is 5.32 Å². The maximum Gasteiger partial charge on any atom is 0.292 e. The van der Waals surface area contributed by atoms with Gasteiger partial charge in [-0.15, -0.1) is 0 Å². The van der Waals surface area contributed by atoms with E-state index in [1.807, 2.05) is 6.07 Å². The Morgan fingerprint density at radius 2 is 1.76 bits per heavy atom. The smallest absolute Gasteiger partial charge is 0.292 e. The number of nitro groups is 2. The molecule has 2 aromatic carbocycles. The van der Waals surface area contributed by atoms with Crippen molar-refractivity contribution < 1.29 is 9.85 Å². The van der Waals surface area contributed by atoms with Gasteiger partial charge >= 0.3 is 0 Å². The third kappa shape index (κ3) is 2.44. The predicted octanol–water partition coefficient (Wildman–Crippen LogP) is 4.33. The molecule has 1 aliphatic heterocycles. The van der Waals surface area contributed by atoms with Gasteiger partial charge in [0.15, 0.2) is 0 Å². The van der Waals surface area contributed by atoms with Gasteiger partial charge in [0, 0.05) is 24.1 Å². The van der Waals surface area contributed by atoms with E-state index in [0.717, 1.165) is 17.5 Å². The summed E-state index contributed by atoms with van der Waals surface area (Å²) in [5, 5.41) is 25.6. The van der Waals surface area contributed by atoms with Crippen LogP contribution >= 0.6 is 0 Å². The molecule has 25 heavy (non-hydrogen) atoms. The van der Waals surface area contributed by atoms with Crippen LogP contribution in [0.15, 0.2) is 54.6 Å². The Bertz CT molecular complexity index is 892. The fourth-order valence-electron chi connectivity index (χ4n) is 3.89. The summed E-state index contributed by atoms with van der Waals surface area (Å²) in [6.45, 7) is 0. The Balaban J connectivity index is 1.78. The zero-order chi connectivity index (χ0) is 17.6. The summed E-state index contributed by atoms with van der Waals surface area (Å²) in [5.41, 5.74) is 2.47. The normalized spacial score (nSPS) is 23.4. The van der Waals surface area contributed by atoms with Crippen LogP contribution in [-0.4, -0.2) is 9.85 Å². The average Bonchev–Trinajstić information content (AvgIpc) is 3.10. The highest BCUT2D eigenvalue weighted by atomic mass is 16.6. The fourth-order valence-corrected chi connectivity index (χ4v) is 3.89. The number of allylic oxidation sites excluding steroid dienone is 2. The first-order valence-corrected chi connectivity index (χ1v) is 8.01. The van der Waals surface area contributed by atoms with E-state index in [-0.39, 0.29) is 34.2 Å². The van der Waals surface area contributed by atoms with E-state index in [0.29, 0.717) is 5.69 Å². The number of fused-ring (bicyclic) bond motifs is 3. The van der Waals surface area contributed by atoms with Gasteiger partial charge in [-0.05, 0) is 23.5 Å². The summed E-state index contributed by atoms with van der Waals surface area (Å²) < 4.78 is 0. The lowest BCUT2D eigenvalue weighted by atomic mass is 9.77. The molecule has 7 nitrogen and oxygen atoms in total. The molecule has 1 heterocycles. The van der Waals surface area contributed by atoms with Crippen molar-refractivity contribution in [2.75, 3.05) is 5.32 Å². The highest BCUT2D eigenvalue weighted by Crippen LogP contribution is 2.51. The van der Waals surface area contributed by atoms with Gasteiger partial charge in [-0.1, -0.05) is 36.4 Å². The first-order chi connectivity index (χ1) is 12.1. The molecule has 2 aromatic rings. The van der Waals surface area contributed by atoms with Crippen LogP contribution in [0.4, 0.5) is 17.1 Å². The lowest BCUT2D eigenvalue weighted by Gasteiger charge is -2.37. The van der Waals surface area contributed by atoms with Crippen LogP contribution in [0.5, 0.6) is 0 Å². The van der Waals surface area contributed by atoms with Crippen LogP contribution in [-0.2, 0) is 0 Å². The van der Waals surface area contributed by atoms with Crippen molar-refractivity contribution in [3.05, 3.63) is 86.0 Å². The van der Waals surface area contributed by atoms with Crippen LogP contribution in [0.3, 0.4) is 0 Å². The van der Waals surface area contributed by atoms with Crippen molar-refractivity contribution in [1.82, 2.24) is 0 Å². The summed E-state index contributed by atoms with van der Waals surface area (Å²) in [6.07, 6.45) is 5.07.